The number of hydrogen-bond acceptors (Lipinski definition) is 4. The van der Waals surface area contributed by atoms with E-state index in [0.717, 1.165) is 10.0 Å². The van der Waals surface area contributed by atoms with Crippen molar-refractivity contribution in [3.8, 4) is 5.75 Å². The van der Waals surface area contributed by atoms with Crippen LogP contribution in [0.4, 0.5) is 11.5 Å². The number of carbonyl (C=O) groups is 1. The molecule has 0 saturated heterocycles. The van der Waals surface area contributed by atoms with Crippen LogP contribution in [0.25, 0.3) is 0 Å². The molecule has 21 heavy (non-hydrogen) atoms. The number of nitrogens with one attached hydrogen (secondary N) is 1. The predicted molar refractivity (Wildman–Crippen MR) is 86.3 cm³/mol. The lowest BCUT2D eigenvalue weighted by Gasteiger charge is -2.09. The van der Waals surface area contributed by atoms with Crippen molar-refractivity contribution >= 4 is 33.3 Å². The number of carbonyl (C=O) groups excluding carboxylic acids is 1. The number of hydrogen-bond donors (Lipinski definition) is 2. The van der Waals surface area contributed by atoms with E-state index in [4.69, 9.17) is 10.5 Å². The third-order valence-corrected chi connectivity index (χ3v) is 3.19. The van der Waals surface area contributed by atoms with Crippen LogP contribution in [0.2, 0.25) is 0 Å². The highest BCUT2D eigenvalue weighted by Crippen LogP contribution is 2.17. The van der Waals surface area contributed by atoms with Gasteiger partial charge < -0.3 is 15.8 Å². The van der Waals surface area contributed by atoms with E-state index in [1.54, 1.807) is 30.5 Å². The fourth-order valence-electron chi connectivity index (χ4n) is 1.73. The summed E-state index contributed by atoms with van der Waals surface area (Å²) in [7, 11) is 0. The minimum atomic E-state index is -0.142. The summed E-state index contributed by atoms with van der Waals surface area (Å²) in [5, 5.41) is 2.76. The second kappa shape index (κ2) is 7.08. The minimum absolute atomic E-state index is 0.142. The molecule has 1 heterocycles. The number of nitrogens with zero attached hydrogens (tertiary/aromatic N) is 1. The fourth-order valence-corrected chi connectivity index (χ4v) is 2.18. The highest BCUT2D eigenvalue weighted by molar-refractivity contribution is 9.10. The van der Waals surface area contributed by atoms with Gasteiger partial charge in [0.25, 0.3) is 0 Å². The average molecular weight is 350 g/mol. The molecular weight excluding hydrogens is 334 g/mol. The molecule has 0 aliphatic carbocycles. The zero-order valence-electron chi connectivity index (χ0n) is 11.6. The van der Waals surface area contributed by atoms with E-state index >= 15 is 0 Å². The average Bonchev–Trinajstić information content (AvgIpc) is 2.42. The molecule has 0 radical (unpaired) electrons. The van der Waals surface area contributed by atoms with Gasteiger partial charge in [0.15, 0.2) is 0 Å². The van der Waals surface area contributed by atoms with E-state index < -0.39 is 0 Å². The molecule has 0 fully saturated rings. The summed E-state index contributed by atoms with van der Waals surface area (Å²) in [6, 6.07) is 9.00. The molecular formula is C15H16BrN3O2. The number of aromatic nitrogens is 1. The van der Waals surface area contributed by atoms with Crippen LogP contribution in [0.3, 0.4) is 0 Å². The topological polar surface area (TPSA) is 77.2 Å². The van der Waals surface area contributed by atoms with Crippen LogP contribution < -0.4 is 15.8 Å². The van der Waals surface area contributed by atoms with Crippen LogP contribution in [0.1, 0.15) is 12.0 Å². The Morgan fingerprint density at radius 1 is 1.43 bits per heavy atom. The van der Waals surface area contributed by atoms with E-state index in [2.05, 4.69) is 26.2 Å². The molecule has 2 aromatic rings. The van der Waals surface area contributed by atoms with Crippen LogP contribution in [0.5, 0.6) is 5.75 Å². The maximum Gasteiger partial charge on any atom is 0.228 e. The van der Waals surface area contributed by atoms with Crippen LogP contribution in [-0.4, -0.2) is 17.5 Å². The molecule has 1 aromatic carbocycles. The first-order chi connectivity index (χ1) is 10.0. The molecule has 110 valence electrons. The molecule has 0 aliphatic heterocycles. The number of ether oxygens (including phenoxy) is 1. The normalized spacial score (nSPS) is 10.2. The van der Waals surface area contributed by atoms with Gasteiger partial charge in [-0.05, 0) is 46.6 Å². The summed E-state index contributed by atoms with van der Waals surface area (Å²) in [6.07, 6.45) is 1.89. The van der Waals surface area contributed by atoms with E-state index in [1.165, 1.54) is 0 Å². The van der Waals surface area contributed by atoms with Crippen molar-refractivity contribution in [3.05, 3.63) is 46.6 Å². The smallest absolute Gasteiger partial charge is 0.228 e. The summed E-state index contributed by atoms with van der Waals surface area (Å²) < 4.78 is 6.35. The summed E-state index contributed by atoms with van der Waals surface area (Å²) in [5.41, 5.74) is 7.18. The largest absolute Gasteiger partial charge is 0.493 e. The van der Waals surface area contributed by atoms with Crippen LogP contribution in [0.15, 0.2) is 41.0 Å². The van der Waals surface area contributed by atoms with Gasteiger partial charge in [0.05, 0.1) is 13.0 Å². The lowest BCUT2D eigenvalue weighted by atomic mass is 10.3. The zero-order chi connectivity index (χ0) is 15.2. The first-order valence-corrected chi connectivity index (χ1v) is 7.24. The quantitative estimate of drug-likeness (QED) is 0.813. The van der Waals surface area contributed by atoms with Crippen LogP contribution in [-0.2, 0) is 4.79 Å². The first-order valence-electron chi connectivity index (χ1n) is 6.45. The Bertz CT molecular complexity index is 647. The van der Waals surface area contributed by atoms with Gasteiger partial charge in [-0.3, -0.25) is 4.79 Å². The van der Waals surface area contributed by atoms with Gasteiger partial charge in [0.1, 0.15) is 11.6 Å². The van der Waals surface area contributed by atoms with Crippen LogP contribution >= 0.6 is 15.9 Å². The second-order valence-electron chi connectivity index (χ2n) is 4.54. The van der Waals surface area contributed by atoms with Gasteiger partial charge in [-0.25, -0.2) is 4.98 Å². The Morgan fingerprint density at radius 2 is 2.24 bits per heavy atom. The summed E-state index contributed by atoms with van der Waals surface area (Å²) in [4.78, 5) is 16.0. The highest BCUT2D eigenvalue weighted by atomic mass is 79.9. The Morgan fingerprint density at radius 3 is 2.95 bits per heavy atom. The van der Waals surface area contributed by atoms with Crippen molar-refractivity contribution in [3.63, 3.8) is 0 Å². The maximum atomic E-state index is 11.8. The number of benzene rings is 1. The predicted octanol–water partition coefficient (Wildman–Crippen LogP) is 3.14. The molecule has 2 rings (SSSR count). The molecule has 1 amide bonds. The number of rotatable bonds is 5. The minimum Gasteiger partial charge on any atom is -0.493 e. The molecule has 0 spiro atoms. The third kappa shape index (κ3) is 4.75. The van der Waals surface area contributed by atoms with E-state index in [1.807, 2.05) is 13.0 Å². The maximum absolute atomic E-state index is 11.8. The molecule has 6 heteroatoms. The third-order valence-electron chi connectivity index (χ3n) is 2.76. The van der Waals surface area contributed by atoms with Crippen molar-refractivity contribution < 1.29 is 9.53 Å². The van der Waals surface area contributed by atoms with E-state index in [-0.39, 0.29) is 18.9 Å². The number of aryl methyl sites for hydroxylation is 1. The number of halogens is 1. The molecule has 3 N–H and O–H groups in total. The van der Waals surface area contributed by atoms with Gasteiger partial charge in [0.2, 0.25) is 5.91 Å². The second-order valence-corrected chi connectivity index (χ2v) is 5.45. The number of nitrogens with two attached hydrogens (primary N) is 1. The molecule has 0 bridgehead atoms. The van der Waals surface area contributed by atoms with Gasteiger partial charge in [-0.15, -0.1) is 0 Å². The lowest BCUT2D eigenvalue weighted by Crippen LogP contribution is -2.16. The molecule has 1 aromatic heterocycles. The number of nitrogen functional groups attached to an aromatic ring is 1. The highest BCUT2D eigenvalue weighted by Gasteiger charge is 2.07. The Balaban J connectivity index is 1.82. The fraction of sp³-hybridized carbons (Fsp3) is 0.200. The van der Waals surface area contributed by atoms with Crippen LogP contribution in [0, 0.1) is 6.92 Å². The number of pyridine rings is 1. The molecule has 0 atom stereocenters. The van der Waals surface area contributed by atoms with Gasteiger partial charge >= 0.3 is 0 Å². The van der Waals surface area contributed by atoms with Gasteiger partial charge in [-0.2, -0.15) is 0 Å². The molecule has 5 nitrogen and oxygen atoms in total. The Hall–Kier alpha value is -2.08. The molecule has 0 saturated carbocycles. The van der Waals surface area contributed by atoms with Gasteiger partial charge in [0, 0.05) is 22.4 Å². The van der Waals surface area contributed by atoms with Crippen molar-refractivity contribution in [2.24, 2.45) is 0 Å². The van der Waals surface area contributed by atoms with Crippen molar-refractivity contribution in [2.45, 2.75) is 13.3 Å². The van der Waals surface area contributed by atoms with Crippen molar-refractivity contribution in [2.75, 3.05) is 17.7 Å². The summed E-state index contributed by atoms with van der Waals surface area (Å²) >= 11 is 3.33. The lowest BCUT2D eigenvalue weighted by molar-refractivity contribution is -0.116. The SMILES string of the molecule is Cc1cc(Br)cnc1NC(=O)CCOc1cccc(N)c1. The van der Waals surface area contributed by atoms with E-state index in [0.29, 0.717) is 17.3 Å². The first kappa shape index (κ1) is 15.3. The molecule has 0 aliphatic rings. The Kier molecular flexibility index (Phi) is 5.16. The summed E-state index contributed by atoms with van der Waals surface area (Å²) in [5.74, 6) is 1.07. The Labute approximate surface area is 131 Å². The van der Waals surface area contributed by atoms with E-state index in [9.17, 15) is 4.79 Å². The van der Waals surface area contributed by atoms with Crippen molar-refractivity contribution in [1.82, 2.24) is 4.98 Å². The monoisotopic (exact) mass is 349 g/mol. The number of anilines is 2. The summed E-state index contributed by atoms with van der Waals surface area (Å²) in [6.45, 7) is 2.17. The molecule has 0 unspecified atom stereocenters. The van der Waals surface area contributed by atoms with Crippen molar-refractivity contribution in [1.29, 1.82) is 0 Å². The number of amides is 1. The van der Waals surface area contributed by atoms with Gasteiger partial charge in [-0.1, -0.05) is 6.07 Å². The zero-order valence-corrected chi connectivity index (χ0v) is 13.2. The standard InChI is InChI=1S/C15H16BrN3O2/c1-10-7-11(16)9-18-15(10)19-14(20)5-6-21-13-4-2-3-12(17)8-13/h2-4,7-9H,5-6,17H2,1H3,(H,18,19,20).